The van der Waals surface area contributed by atoms with Gasteiger partial charge in [-0.15, -0.1) is 0 Å². The van der Waals surface area contributed by atoms with Gasteiger partial charge in [-0.25, -0.2) is 0 Å². The number of hydrogen-bond acceptors (Lipinski definition) is 5. The van der Waals surface area contributed by atoms with Crippen LogP contribution in [0.15, 0.2) is 128 Å². The number of likely N-dealkylation sites (N-methyl/N-ethyl adjacent to an activating group) is 2. The van der Waals surface area contributed by atoms with E-state index >= 15 is 0 Å². The Morgan fingerprint density at radius 2 is 0.960 bits per heavy atom. The molecule has 0 spiro atoms. The van der Waals surface area contributed by atoms with Crippen LogP contribution in [0.3, 0.4) is 0 Å². The molecule has 0 aliphatic heterocycles. The minimum atomic E-state index is 0.537. The van der Waals surface area contributed by atoms with E-state index in [9.17, 15) is 0 Å². The maximum absolute atomic E-state index is 6.21. The molecule has 7 heteroatoms. The smallest absolute Gasteiger partial charge is 0.120 e. The number of benzene rings is 4. The topological polar surface area (TPSA) is 47.7 Å². The van der Waals surface area contributed by atoms with Crippen LogP contribution in [-0.4, -0.2) is 65.2 Å². The Hall–Kier alpha value is -5.37. The van der Waals surface area contributed by atoms with Crippen molar-refractivity contribution in [2.24, 2.45) is 0 Å². The van der Waals surface area contributed by atoms with Crippen molar-refractivity contribution in [3.05, 3.63) is 139 Å². The fourth-order valence-electron chi connectivity index (χ4n) is 6.44. The Labute approximate surface area is 294 Å². The Morgan fingerprint density at radius 1 is 0.520 bits per heavy atom. The lowest BCUT2D eigenvalue weighted by molar-refractivity contribution is 0.306. The maximum atomic E-state index is 6.21. The van der Waals surface area contributed by atoms with Crippen molar-refractivity contribution in [3.8, 4) is 34.0 Å². The molecule has 0 bridgehead atoms. The molecular formula is C43H45N5O2. The molecule has 254 valence electrons. The lowest BCUT2D eigenvalue weighted by atomic mass is 10.1. The van der Waals surface area contributed by atoms with Gasteiger partial charge in [-0.3, -0.25) is 4.98 Å². The molecule has 0 atom stereocenters. The van der Waals surface area contributed by atoms with E-state index in [0.29, 0.717) is 13.2 Å². The lowest BCUT2D eigenvalue weighted by Gasteiger charge is -2.16. The Kier molecular flexibility index (Phi) is 9.96. The van der Waals surface area contributed by atoms with Crippen molar-refractivity contribution < 1.29 is 9.47 Å². The molecule has 0 saturated heterocycles. The zero-order chi connectivity index (χ0) is 34.5. The van der Waals surface area contributed by atoms with Gasteiger partial charge in [-0.2, -0.15) is 0 Å². The second-order valence-electron chi connectivity index (χ2n) is 13.4. The van der Waals surface area contributed by atoms with Crippen LogP contribution in [0.5, 0.6) is 11.5 Å². The molecule has 0 aliphatic carbocycles. The van der Waals surface area contributed by atoms with E-state index in [4.69, 9.17) is 14.5 Å². The number of aromatic nitrogens is 3. The summed E-state index contributed by atoms with van der Waals surface area (Å²) in [6.07, 6.45) is 3.97. The second kappa shape index (κ2) is 15.0. The third-order valence-electron chi connectivity index (χ3n) is 9.11. The van der Waals surface area contributed by atoms with Gasteiger partial charge in [0.25, 0.3) is 0 Å². The largest absolute Gasteiger partial charge is 0.489 e. The summed E-state index contributed by atoms with van der Waals surface area (Å²) in [6.45, 7) is 4.63. The maximum Gasteiger partial charge on any atom is 0.120 e. The highest BCUT2D eigenvalue weighted by Crippen LogP contribution is 2.35. The van der Waals surface area contributed by atoms with Gasteiger partial charge < -0.3 is 28.4 Å². The molecule has 7 rings (SSSR count). The highest BCUT2D eigenvalue weighted by Gasteiger charge is 2.17. The van der Waals surface area contributed by atoms with Gasteiger partial charge in [-0.05, 0) is 93.9 Å². The van der Waals surface area contributed by atoms with Crippen LogP contribution < -0.4 is 9.47 Å². The van der Waals surface area contributed by atoms with Crippen molar-refractivity contribution in [1.29, 1.82) is 0 Å². The number of nitrogens with zero attached hydrogens (tertiary/aromatic N) is 5. The Balaban J connectivity index is 1.24. The van der Waals surface area contributed by atoms with Crippen LogP contribution in [0.25, 0.3) is 44.3 Å². The summed E-state index contributed by atoms with van der Waals surface area (Å²) in [5, 5.41) is 2.30. The number of pyridine rings is 1. The standard InChI is InChI=1S/C43H45N5O2/c1-45(2)19-21-47-40-17-15-38(49-30-32-11-7-5-8-12-32)24-34(40)26-42(47)36-23-37(29-44-28-36)43-27-35-25-39(50-31-33-13-9-6-10-14-33)16-18-41(35)48(43)22-20-46(3)4/h5-18,23-29H,19-22,30-31H2,1-4H3. The zero-order valence-corrected chi connectivity index (χ0v) is 29.4. The van der Waals surface area contributed by atoms with Gasteiger partial charge in [-0.1, -0.05) is 60.7 Å². The second-order valence-corrected chi connectivity index (χ2v) is 13.4. The first-order valence-corrected chi connectivity index (χ1v) is 17.3. The molecule has 7 nitrogen and oxygen atoms in total. The van der Waals surface area contributed by atoms with Gasteiger partial charge >= 0.3 is 0 Å². The molecule has 3 heterocycles. The summed E-state index contributed by atoms with van der Waals surface area (Å²) < 4.78 is 17.2. The van der Waals surface area contributed by atoms with Crippen LogP contribution in [0.4, 0.5) is 0 Å². The van der Waals surface area contributed by atoms with E-state index in [1.807, 2.05) is 48.8 Å². The summed E-state index contributed by atoms with van der Waals surface area (Å²) in [5.41, 5.74) is 9.12. The van der Waals surface area contributed by atoms with E-state index < -0.39 is 0 Å². The molecule has 7 aromatic rings. The van der Waals surface area contributed by atoms with Crippen LogP contribution in [0, 0.1) is 0 Å². The van der Waals surface area contributed by atoms with Crippen LogP contribution >= 0.6 is 0 Å². The Morgan fingerprint density at radius 3 is 1.38 bits per heavy atom. The van der Waals surface area contributed by atoms with Gasteiger partial charge in [0.05, 0.1) is 11.4 Å². The third kappa shape index (κ3) is 7.59. The summed E-state index contributed by atoms with van der Waals surface area (Å²) in [5.74, 6) is 1.73. The third-order valence-corrected chi connectivity index (χ3v) is 9.11. The fourth-order valence-corrected chi connectivity index (χ4v) is 6.44. The molecule has 0 fully saturated rings. The highest BCUT2D eigenvalue weighted by molar-refractivity contribution is 5.91. The van der Waals surface area contributed by atoms with Gasteiger partial charge in [0, 0.05) is 71.5 Å². The molecule has 50 heavy (non-hydrogen) atoms. The van der Waals surface area contributed by atoms with Crippen molar-refractivity contribution >= 4 is 21.8 Å². The minimum absolute atomic E-state index is 0.537. The lowest BCUT2D eigenvalue weighted by Crippen LogP contribution is -2.19. The van der Waals surface area contributed by atoms with Crippen molar-refractivity contribution in [2.45, 2.75) is 26.3 Å². The zero-order valence-electron chi connectivity index (χ0n) is 29.4. The number of rotatable bonds is 14. The van der Waals surface area contributed by atoms with Gasteiger partial charge in [0.1, 0.15) is 24.7 Å². The Bertz CT molecular complexity index is 2030. The first kappa shape index (κ1) is 33.1. The molecule has 0 N–H and O–H groups in total. The summed E-state index contributed by atoms with van der Waals surface area (Å²) in [7, 11) is 8.48. The van der Waals surface area contributed by atoms with E-state index in [2.05, 4.69) is 126 Å². The summed E-state index contributed by atoms with van der Waals surface area (Å²) in [6, 6.07) is 40.3. The summed E-state index contributed by atoms with van der Waals surface area (Å²) in [4.78, 5) is 9.26. The summed E-state index contributed by atoms with van der Waals surface area (Å²) >= 11 is 0. The van der Waals surface area contributed by atoms with Crippen LogP contribution in [0.2, 0.25) is 0 Å². The quantitative estimate of drug-likeness (QED) is 0.117. The SMILES string of the molecule is CN(C)CCn1c(-c2cncc(-c3cc4cc(OCc5ccccc5)ccc4n3CCN(C)C)c2)cc2cc(OCc3ccccc3)ccc21. The number of hydrogen-bond donors (Lipinski definition) is 0. The molecule has 0 amide bonds. The number of ether oxygens (including phenoxy) is 2. The first-order chi connectivity index (χ1) is 24.4. The number of fused-ring (bicyclic) bond motifs is 2. The highest BCUT2D eigenvalue weighted by atomic mass is 16.5. The van der Waals surface area contributed by atoms with Gasteiger partial charge in [0.2, 0.25) is 0 Å². The first-order valence-electron chi connectivity index (χ1n) is 17.3. The van der Waals surface area contributed by atoms with E-state index in [1.165, 1.54) is 11.0 Å². The minimum Gasteiger partial charge on any atom is -0.489 e. The molecule has 4 aromatic carbocycles. The van der Waals surface area contributed by atoms with E-state index in [0.717, 1.165) is 82.1 Å². The van der Waals surface area contributed by atoms with Gasteiger partial charge in [0.15, 0.2) is 0 Å². The molecule has 0 aliphatic rings. The monoisotopic (exact) mass is 663 g/mol. The molecule has 3 aromatic heterocycles. The molecule has 0 unspecified atom stereocenters. The van der Waals surface area contributed by atoms with Crippen LogP contribution in [0.1, 0.15) is 11.1 Å². The molecule has 0 saturated carbocycles. The van der Waals surface area contributed by atoms with Crippen molar-refractivity contribution in [2.75, 3.05) is 41.3 Å². The van der Waals surface area contributed by atoms with Crippen LogP contribution in [-0.2, 0) is 26.3 Å². The fraction of sp³-hybridized carbons (Fsp3) is 0.233. The average molecular weight is 664 g/mol. The predicted molar refractivity (Wildman–Crippen MR) is 205 cm³/mol. The molecular weight excluding hydrogens is 619 g/mol. The predicted octanol–water partition coefficient (Wildman–Crippen LogP) is 8.61. The van der Waals surface area contributed by atoms with Crippen molar-refractivity contribution in [3.63, 3.8) is 0 Å². The van der Waals surface area contributed by atoms with E-state index in [-0.39, 0.29) is 0 Å². The van der Waals surface area contributed by atoms with E-state index in [1.54, 1.807) is 0 Å². The van der Waals surface area contributed by atoms with Crippen molar-refractivity contribution in [1.82, 2.24) is 23.9 Å². The normalized spacial score (nSPS) is 11.6. The molecule has 0 radical (unpaired) electrons. The average Bonchev–Trinajstić information content (AvgIpc) is 3.69.